The van der Waals surface area contributed by atoms with Crippen LogP contribution in [-0.2, 0) is 4.74 Å². The Morgan fingerprint density at radius 1 is 1.15 bits per heavy atom. The molecule has 1 amide bonds. The summed E-state index contributed by atoms with van der Waals surface area (Å²) in [6.45, 7) is 1.82. The molecule has 1 N–H and O–H groups in total. The molecule has 33 heavy (non-hydrogen) atoms. The van der Waals surface area contributed by atoms with E-state index in [9.17, 15) is 14.4 Å². The number of rotatable bonds is 6. The number of hydrogen-bond donors (Lipinski definition) is 1. The van der Waals surface area contributed by atoms with Crippen molar-refractivity contribution in [2.45, 2.75) is 6.92 Å². The van der Waals surface area contributed by atoms with Crippen LogP contribution in [0.1, 0.15) is 27.8 Å². The number of anilines is 1. The van der Waals surface area contributed by atoms with Gasteiger partial charge in [0.15, 0.2) is 5.69 Å². The number of aromatic nitrogens is 2. The number of carbonyl (C=O) groups excluding carboxylic acids is 2. The molecule has 0 radical (unpaired) electrons. The molecule has 0 aliphatic carbocycles. The van der Waals surface area contributed by atoms with E-state index >= 15 is 0 Å². The SMILES string of the molecule is CCOC(=O)c1nn(-c2ccc(OC)cc2)c(=O)c2c(NC(=O)c3ccccc3Cl)scc12. The zero-order valence-electron chi connectivity index (χ0n) is 17.6. The molecule has 0 saturated carbocycles. The summed E-state index contributed by atoms with van der Waals surface area (Å²) in [7, 11) is 1.53. The van der Waals surface area contributed by atoms with Gasteiger partial charge in [-0.2, -0.15) is 9.78 Å². The summed E-state index contributed by atoms with van der Waals surface area (Å²) in [6, 6.07) is 13.2. The number of thiophene rings is 1. The molecule has 8 nitrogen and oxygen atoms in total. The highest BCUT2D eigenvalue weighted by molar-refractivity contribution is 7.16. The van der Waals surface area contributed by atoms with Crippen molar-refractivity contribution in [2.24, 2.45) is 0 Å². The predicted octanol–water partition coefficient (Wildman–Crippen LogP) is 4.54. The number of ether oxygens (including phenoxy) is 2. The van der Waals surface area contributed by atoms with E-state index in [-0.39, 0.29) is 33.3 Å². The Bertz CT molecular complexity index is 1410. The molecule has 0 spiro atoms. The van der Waals surface area contributed by atoms with Gasteiger partial charge in [0.25, 0.3) is 11.5 Å². The van der Waals surface area contributed by atoms with Crippen LogP contribution >= 0.6 is 22.9 Å². The maximum Gasteiger partial charge on any atom is 0.359 e. The lowest BCUT2D eigenvalue weighted by Gasteiger charge is -2.10. The lowest BCUT2D eigenvalue weighted by atomic mass is 10.2. The van der Waals surface area contributed by atoms with Gasteiger partial charge in [-0.15, -0.1) is 11.3 Å². The minimum atomic E-state index is -0.674. The van der Waals surface area contributed by atoms with Gasteiger partial charge in [-0.1, -0.05) is 23.7 Å². The molecule has 2 aromatic heterocycles. The number of esters is 1. The Morgan fingerprint density at radius 2 is 1.88 bits per heavy atom. The second kappa shape index (κ2) is 9.43. The molecule has 0 unspecified atom stereocenters. The average molecular weight is 484 g/mol. The van der Waals surface area contributed by atoms with Crippen molar-refractivity contribution in [3.05, 3.63) is 80.5 Å². The highest BCUT2D eigenvalue weighted by Gasteiger charge is 2.23. The molecule has 2 heterocycles. The molecular formula is C23H18ClN3O5S. The Morgan fingerprint density at radius 3 is 2.55 bits per heavy atom. The van der Waals surface area contributed by atoms with Gasteiger partial charge in [0.05, 0.1) is 35.4 Å². The van der Waals surface area contributed by atoms with Crippen molar-refractivity contribution >= 4 is 50.6 Å². The van der Waals surface area contributed by atoms with E-state index in [1.807, 2.05) is 0 Å². The standard InChI is InChI=1S/C23H18ClN3O5S/c1-3-32-23(30)19-16-12-33-21(25-20(28)15-6-4-5-7-17(15)24)18(16)22(29)27(26-19)13-8-10-14(31-2)11-9-13/h4-12H,3H2,1-2H3,(H,25,28). The molecule has 0 aliphatic heterocycles. The van der Waals surface area contributed by atoms with E-state index in [2.05, 4.69) is 10.4 Å². The fraction of sp³-hybridized carbons (Fsp3) is 0.130. The van der Waals surface area contributed by atoms with E-state index in [0.29, 0.717) is 16.8 Å². The number of fused-ring (bicyclic) bond motifs is 1. The summed E-state index contributed by atoms with van der Waals surface area (Å²) < 4.78 is 11.4. The highest BCUT2D eigenvalue weighted by Crippen LogP contribution is 2.31. The zero-order chi connectivity index (χ0) is 23.5. The molecule has 0 aliphatic rings. The van der Waals surface area contributed by atoms with Crippen molar-refractivity contribution in [1.29, 1.82) is 0 Å². The lowest BCUT2D eigenvalue weighted by Crippen LogP contribution is -2.25. The third-order valence-corrected chi connectivity index (χ3v) is 6.01. The first-order valence-electron chi connectivity index (χ1n) is 9.86. The van der Waals surface area contributed by atoms with Gasteiger partial charge in [0.2, 0.25) is 0 Å². The molecule has 10 heteroatoms. The summed E-state index contributed by atoms with van der Waals surface area (Å²) in [6.07, 6.45) is 0. The minimum absolute atomic E-state index is 0.0308. The van der Waals surface area contributed by atoms with Crippen LogP contribution in [0.5, 0.6) is 5.75 Å². The van der Waals surface area contributed by atoms with Gasteiger partial charge < -0.3 is 14.8 Å². The van der Waals surface area contributed by atoms with Crippen molar-refractivity contribution in [1.82, 2.24) is 9.78 Å². The van der Waals surface area contributed by atoms with Gasteiger partial charge in [-0.25, -0.2) is 4.79 Å². The Balaban J connectivity index is 1.88. The van der Waals surface area contributed by atoms with E-state index in [1.54, 1.807) is 60.8 Å². The molecule has 2 aromatic carbocycles. The number of nitrogens with zero attached hydrogens (tertiary/aromatic N) is 2. The molecule has 0 bridgehead atoms. The van der Waals surface area contributed by atoms with E-state index in [1.165, 1.54) is 7.11 Å². The fourth-order valence-corrected chi connectivity index (χ4v) is 4.36. The van der Waals surface area contributed by atoms with Crippen LogP contribution in [0, 0.1) is 0 Å². The van der Waals surface area contributed by atoms with Crippen molar-refractivity contribution in [3.63, 3.8) is 0 Å². The fourth-order valence-electron chi connectivity index (χ4n) is 3.21. The van der Waals surface area contributed by atoms with Crippen LogP contribution in [0.2, 0.25) is 5.02 Å². The lowest BCUT2D eigenvalue weighted by molar-refractivity contribution is 0.0520. The first-order valence-corrected chi connectivity index (χ1v) is 11.1. The van der Waals surface area contributed by atoms with Crippen LogP contribution in [0.15, 0.2) is 58.7 Å². The van der Waals surface area contributed by atoms with Crippen LogP contribution < -0.4 is 15.6 Å². The minimum Gasteiger partial charge on any atom is -0.497 e. The van der Waals surface area contributed by atoms with Gasteiger partial charge in [-0.3, -0.25) is 9.59 Å². The van der Waals surface area contributed by atoms with E-state index < -0.39 is 17.4 Å². The van der Waals surface area contributed by atoms with Gasteiger partial charge >= 0.3 is 5.97 Å². The third kappa shape index (κ3) is 4.33. The first-order chi connectivity index (χ1) is 15.9. The Hall–Kier alpha value is -3.69. The smallest absolute Gasteiger partial charge is 0.359 e. The monoisotopic (exact) mass is 483 g/mol. The molecular weight excluding hydrogens is 466 g/mol. The van der Waals surface area contributed by atoms with Crippen molar-refractivity contribution < 1.29 is 19.1 Å². The third-order valence-electron chi connectivity index (χ3n) is 4.78. The number of methoxy groups -OCH3 is 1. The molecule has 4 rings (SSSR count). The number of halogens is 1. The van der Waals surface area contributed by atoms with Gasteiger partial charge in [-0.05, 0) is 43.3 Å². The number of carbonyl (C=O) groups is 2. The number of amides is 1. The number of benzene rings is 2. The maximum absolute atomic E-state index is 13.4. The summed E-state index contributed by atoms with van der Waals surface area (Å²) in [5.74, 6) is -0.553. The van der Waals surface area contributed by atoms with E-state index in [0.717, 1.165) is 16.0 Å². The van der Waals surface area contributed by atoms with Crippen LogP contribution in [-0.4, -0.2) is 35.4 Å². The predicted molar refractivity (Wildman–Crippen MR) is 127 cm³/mol. The van der Waals surface area contributed by atoms with Crippen LogP contribution in [0.25, 0.3) is 16.5 Å². The molecule has 168 valence electrons. The summed E-state index contributed by atoms with van der Waals surface area (Å²) in [4.78, 5) is 38.9. The Labute approximate surface area is 197 Å². The molecule has 4 aromatic rings. The summed E-state index contributed by atoms with van der Waals surface area (Å²) in [5, 5.41) is 9.60. The van der Waals surface area contributed by atoms with Crippen molar-refractivity contribution in [2.75, 3.05) is 19.0 Å². The quantitative estimate of drug-likeness (QED) is 0.404. The van der Waals surface area contributed by atoms with Crippen molar-refractivity contribution in [3.8, 4) is 11.4 Å². The van der Waals surface area contributed by atoms with E-state index in [4.69, 9.17) is 21.1 Å². The second-order valence-corrected chi connectivity index (χ2v) is 8.06. The highest BCUT2D eigenvalue weighted by atomic mass is 35.5. The van der Waals surface area contributed by atoms with Crippen LogP contribution in [0.3, 0.4) is 0 Å². The molecule has 0 saturated heterocycles. The Kier molecular flexibility index (Phi) is 6.43. The summed E-state index contributed by atoms with van der Waals surface area (Å²) >= 11 is 7.24. The second-order valence-electron chi connectivity index (χ2n) is 6.77. The zero-order valence-corrected chi connectivity index (χ0v) is 19.2. The molecule has 0 fully saturated rings. The normalized spacial score (nSPS) is 10.8. The first kappa shape index (κ1) is 22.5. The largest absolute Gasteiger partial charge is 0.497 e. The van der Waals surface area contributed by atoms with Gasteiger partial charge in [0.1, 0.15) is 10.8 Å². The number of hydrogen-bond acceptors (Lipinski definition) is 7. The van der Waals surface area contributed by atoms with Crippen LogP contribution in [0.4, 0.5) is 5.00 Å². The number of nitrogens with one attached hydrogen (secondary N) is 1. The average Bonchev–Trinajstić information content (AvgIpc) is 3.24. The maximum atomic E-state index is 13.4. The van der Waals surface area contributed by atoms with Gasteiger partial charge in [0, 0.05) is 10.8 Å². The summed E-state index contributed by atoms with van der Waals surface area (Å²) in [5.41, 5.74) is 0.148. The molecule has 0 atom stereocenters. The topological polar surface area (TPSA) is 99.5 Å².